The topological polar surface area (TPSA) is 137 Å². The molecule has 2 aromatic heterocycles. The molecule has 5 rings (SSSR count). The van der Waals surface area contributed by atoms with Gasteiger partial charge >= 0.3 is 6.03 Å². The van der Waals surface area contributed by atoms with E-state index in [0.29, 0.717) is 35.8 Å². The monoisotopic (exact) mass is 569 g/mol. The van der Waals surface area contributed by atoms with Gasteiger partial charge in [0.15, 0.2) is 0 Å². The van der Waals surface area contributed by atoms with Crippen molar-refractivity contribution in [1.29, 1.82) is 0 Å². The fourth-order valence-electron chi connectivity index (χ4n) is 5.38. The molecule has 3 heterocycles. The number of benzene rings is 2. The number of nitrogens with zero attached hydrogens (tertiary/aromatic N) is 4. The Hall–Kier alpha value is -4.74. The minimum absolute atomic E-state index is 0.110. The Bertz CT molecular complexity index is 1540. The molecule has 2 atom stereocenters. The maximum absolute atomic E-state index is 13.6. The molecule has 218 valence electrons. The van der Waals surface area contributed by atoms with E-state index in [1.54, 1.807) is 24.1 Å². The van der Waals surface area contributed by atoms with Gasteiger partial charge in [0.2, 0.25) is 5.88 Å². The van der Waals surface area contributed by atoms with Crippen LogP contribution in [0.2, 0.25) is 0 Å². The van der Waals surface area contributed by atoms with E-state index >= 15 is 0 Å². The van der Waals surface area contributed by atoms with Gasteiger partial charge in [-0.1, -0.05) is 48.5 Å². The van der Waals surface area contributed by atoms with Crippen LogP contribution in [0.1, 0.15) is 27.4 Å². The van der Waals surface area contributed by atoms with Gasteiger partial charge in [0.1, 0.15) is 11.4 Å². The molecular weight excluding hydrogens is 534 g/mol. The van der Waals surface area contributed by atoms with Crippen molar-refractivity contribution < 1.29 is 19.1 Å². The Kier molecular flexibility index (Phi) is 8.80. The van der Waals surface area contributed by atoms with Gasteiger partial charge in [-0.3, -0.25) is 15.0 Å². The number of hydrogen-bond donors (Lipinski definition) is 3. The van der Waals surface area contributed by atoms with E-state index in [1.807, 2.05) is 55.5 Å². The number of nitrogens with two attached hydrogens (primary N) is 1. The number of urea groups is 1. The van der Waals surface area contributed by atoms with Gasteiger partial charge in [0.25, 0.3) is 5.91 Å². The molecule has 1 fully saturated rings. The zero-order valence-electron chi connectivity index (χ0n) is 23.9. The predicted molar refractivity (Wildman–Crippen MR) is 160 cm³/mol. The third kappa shape index (κ3) is 6.12. The molecule has 0 bridgehead atoms. The summed E-state index contributed by atoms with van der Waals surface area (Å²) in [6.45, 7) is 4.78. The van der Waals surface area contributed by atoms with Crippen molar-refractivity contribution >= 4 is 17.8 Å². The van der Waals surface area contributed by atoms with Crippen LogP contribution < -0.4 is 21.1 Å². The van der Waals surface area contributed by atoms with E-state index in [-0.39, 0.29) is 29.4 Å². The molecule has 0 aliphatic carbocycles. The van der Waals surface area contributed by atoms with Crippen molar-refractivity contribution in [3.8, 4) is 22.8 Å². The number of methoxy groups -OCH3 is 2. The van der Waals surface area contributed by atoms with Gasteiger partial charge in [0.05, 0.1) is 31.1 Å². The average Bonchev–Trinajstić information content (AvgIpc) is 3.56. The fourth-order valence-corrected chi connectivity index (χ4v) is 5.38. The molecule has 4 N–H and O–H groups in total. The van der Waals surface area contributed by atoms with Crippen LogP contribution in [0.4, 0.5) is 10.6 Å². The highest BCUT2D eigenvalue weighted by Gasteiger charge is 2.35. The quantitative estimate of drug-likeness (QED) is 0.266. The first-order chi connectivity index (χ1) is 20.4. The van der Waals surface area contributed by atoms with E-state index in [1.165, 1.54) is 12.7 Å². The Labute approximate surface area is 244 Å². The highest BCUT2D eigenvalue weighted by molar-refractivity contribution is 5.96. The number of amides is 3. The van der Waals surface area contributed by atoms with Crippen LogP contribution in [0.5, 0.6) is 5.88 Å². The normalized spacial score (nSPS) is 16.7. The van der Waals surface area contributed by atoms with Gasteiger partial charge in [-0.25, -0.2) is 14.5 Å². The van der Waals surface area contributed by atoms with Crippen molar-refractivity contribution in [1.82, 2.24) is 25.0 Å². The molecule has 11 nitrogen and oxygen atoms in total. The summed E-state index contributed by atoms with van der Waals surface area (Å²) in [6.07, 6.45) is 1.57. The first-order valence-electron chi connectivity index (χ1n) is 13.7. The van der Waals surface area contributed by atoms with E-state index in [0.717, 1.165) is 18.8 Å². The summed E-state index contributed by atoms with van der Waals surface area (Å²) < 4.78 is 12.2. The predicted octanol–water partition coefficient (Wildman–Crippen LogP) is 3.59. The zero-order valence-corrected chi connectivity index (χ0v) is 23.9. The summed E-state index contributed by atoms with van der Waals surface area (Å²) in [5, 5.41) is 11.1. The maximum Gasteiger partial charge on any atom is 0.320 e. The van der Waals surface area contributed by atoms with Crippen molar-refractivity contribution in [2.24, 2.45) is 5.73 Å². The number of nitrogens with one attached hydrogen (secondary N) is 2. The number of para-hydroxylation sites is 1. The van der Waals surface area contributed by atoms with Crippen molar-refractivity contribution in [2.75, 3.05) is 45.8 Å². The standard InChI is InChI=1S/C31H35N7O4/c1-20-27(22-16-24(28(32)39)30(42-3)33-17-22)36-38(23-12-8-5-9-13-23)29(20)35-31(40)34-26-19-37(14-15-41-2)18-25(26)21-10-6-4-7-11-21/h4-13,16-17,25-26H,14-15,18-19H2,1-3H3,(H2,32,39)(H2,34,35,40)/t25-,26+/m0/s1. The molecule has 1 saturated heterocycles. The smallest absolute Gasteiger partial charge is 0.320 e. The van der Waals surface area contributed by atoms with Gasteiger partial charge in [0, 0.05) is 50.0 Å². The van der Waals surface area contributed by atoms with Crippen LogP contribution in [-0.2, 0) is 4.74 Å². The lowest BCUT2D eigenvalue weighted by Crippen LogP contribution is -2.42. The number of anilines is 1. The lowest BCUT2D eigenvalue weighted by Gasteiger charge is -2.21. The lowest BCUT2D eigenvalue weighted by molar-refractivity contribution is 0.0996. The number of hydrogen-bond acceptors (Lipinski definition) is 7. The van der Waals surface area contributed by atoms with Crippen LogP contribution in [0, 0.1) is 6.92 Å². The molecule has 2 aromatic carbocycles. The molecule has 11 heteroatoms. The van der Waals surface area contributed by atoms with E-state index in [2.05, 4.69) is 32.7 Å². The zero-order chi connectivity index (χ0) is 29.6. The maximum atomic E-state index is 13.6. The number of aromatic nitrogens is 3. The van der Waals surface area contributed by atoms with E-state index < -0.39 is 5.91 Å². The van der Waals surface area contributed by atoms with Crippen molar-refractivity contribution in [3.63, 3.8) is 0 Å². The molecule has 42 heavy (non-hydrogen) atoms. The van der Waals surface area contributed by atoms with Crippen LogP contribution >= 0.6 is 0 Å². The molecule has 1 aliphatic heterocycles. The van der Waals surface area contributed by atoms with Gasteiger partial charge in [-0.05, 0) is 30.7 Å². The second-order valence-corrected chi connectivity index (χ2v) is 10.2. The van der Waals surface area contributed by atoms with Gasteiger partial charge < -0.3 is 20.5 Å². The second-order valence-electron chi connectivity index (χ2n) is 10.2. The van der Waals surface area contributed by atoms with E-state index in [4.69, 9.17) is 20.3 Å². The van der Waals surface area contributed by atoms with Crippen LogP contribution in [0.25, 0.3) is 16.9 Å². The van der Waals surface area contributed by atoms with Crippen molar-refractivity contribution in [3.05, 3.63) is 89.6 Å². The Morgan fingerprint density at radius 1 is 1.05 bits per heavy atom. The number of carbonyl (C=O) groups excluding carboxylic acids is 2. The van der Waals surface area contributed by atoms with Crippen molar-refractivity contribution in [2.45, 2.75) is 18.9 Å². The third-order valence-electron chi connectivity index (χ3n) is 7.49. The number of ether oxygens (including phenoxy) is 2. The number of pyridine rings is 1. The molecule has 0 radical (unpaired) electrons. The molecular formula is C31H35N7O4. The molecule has 4 aromatic rings. The average molecular weight is 570 g/mol. The minimum Gasteiger partial charge on any atom is -0.480 e. The minimum atomic E-state index is -0.664. The highest BCUT2D eigenvalue weighted by atomic mass is 16.5. The summed E-state index contributed by atoms with van der Waals surface area (Å²) in [4.78, 5) is 32.2. The SMILES string of the molecule is COCCN1C[C@@H](NC(=O)Nc2c(C)c(-c3cnc(OC)c(C(N)=O)c3)nn2-c2ccccc2)[C@H](c2ccccc2)C1. The summed E-state index contributed by atoms with van der Waals surface area (Å²) in [5.74, 6) is 0.0917. The van der Waals surface area contributed by atoms with E-state index in [9.17, 15) is 9.59 Å². The molecule has 0 saturated carbocycles. The van der Waals surface area contributed by atoms with Crippen LogP contribution in [0.15, 0.2) is 72.9 Å². The summed E-state index contributed by atoms with van der Waals surface area (Å²) in [6, 6.07) is 20.9. The van der Waals surface area contributed by atoms with Crippen LogP contribution in [-0.4, -0.2) is 78.1 Å². The van der Waals surface area contributed by atoms with Crippen LogP contribution in [0.3, 0.4) is 0 Å². The number of likely N-dealkylation sites (tertiary alicyclic amines) is 1. The highest BCUT2D eigenvalue weighted by Crippen LogP contribution is 2.32. The molecule has 3 amide bonds. The summed E-state index contributed by atoms with van der Waals surface area (Å²) >= 11 is 0. The Balaban J connectivity index is 1.46. The summed E-state index contributed by atoms with van der Waals surface area (Å²) in [5.41, 5.74) is 9.45. The first kappa shape index (κ1) is 28.8. The summed E-state index contributed by atoms with van der Waals surface area (Å²) in [7, 11) is 3.12. The lowest BCUT2D eigenvalue weighted by atomic mass is 9.94. The number of carbonyl (C=O) groups is 2. The number of primary amides is 1. The first-order valence-corrected chi connectivity index (χ1v) is 13.7. The Morgan fingerprint density at radius 3 is 2.43 bits per heavy atom. The largest absolute Gasteiger partial charge is 0.480 e. The van der Waals surface area contributed by atoms with Gasteiger partial charge in [-0.2, -0.15) is 5.10 Å². The molecule has 0 spiro atoms. The fraction of sp³-hybridized carbons (Fsp3) is 0.290. The molecule has 1 aliphatic rings. The van der Waals surface area contributed by atoms with Gasteiger partial charge in [-0.15, -0.1) is 0 Å². The third-order valence-corrected chi connectivity index (χ3v) is 7.49. The second kappa shape index (κ2) is 12.8. The Morgan fingerprint density at radius 2 is 1.76 bits per heavy atom. The molecule has 0 unspecified atom stereocenters. The number of rotatable bonds is 10.